The van der Waals surface area contributed by atoms with Crippen LogP contribution in [0.5, 0.6) is 0 Å². The fourth-order valence-electron chi connectivity index (χ4n) is 2.27. The summed E-state index contributed by atoms with van der Waals surface area (Å²) < 4.78 is 5.95. The van der Waals surface area contributed by atoms with Gasteiger partial charge in [-0.2, -0.15) is 0 Å². The summed E-state index contributed by atoms with van der Waals surface area (Å²) >= 11 is 6.16. The molecule has 0 N–H and O–H groups in total. The number of benzene rings is 2. The highest BCUT2D eigenvalue weighted by Gasteiger charge is 2.17. The molecule has 0 aliphatic carbocycles. The summed E-state index contributed by atoms with van der Waals surface area (Å²) in [6, 6.07) is 13.5. The quantitative estimate of drug-likeness (QED) is 0.539. The van der Waals surface area contributed by atoms with E-state index in [9.17, 15) is 9.59 Å². The number of hydrogen-bond acceptors (Lipinski definition) is 4. The van der Waals surface area contributed by atoms with Crippen molar-refractivity contribution in [2.24, 2.45) is 0 Å². The molecule has 0 saturated carbocycles. The van der Waals surface area contributed by atoms with Gasteiger partial charge < -0.3 is 4.74 Å². The molecule has 0 fully saturated rings. The topological polar surface area (TPSA) is 61.2 Å². The minimum atomic E-state index is -0.549. The maximum atomic E-state index is 12.7. The number of rotatable bonds is 2. The Morgan fingerprint density at radius 1 is 1.14 bits per heavy atom. The van der Waals surface area contributed by atoms with Gasteiger partial charge in [0.05, 0.1) is 29.3 Å². The van der Waals surface area contributed by atoms with E-state index in [4.69, 9.17) is 16.3 Å². The Kier molecular flexibility index (Phi) is 3.65. The molecule has 22 heavy (non-hydrogen) atoms. The molecule has 0 atom stereocenters. The Morgan fingerprint density at radius 3 is 2.59 bits per heavy atom. The molecule has 1 aromatic heterocycles. The second-order valence-corrected chi connectivity index (χ2v) is 4.89. The summed E-state index contributed by atoms with van der Waals surface area (Å²) in [7, 11) is 1.28. The van der Waals surface area contributed by atoms with Crippen molar-refractivity contribution in [3.8, 4) is 5.69 Å². The molecule has 6 heteroatoms. The SMILES string of the molecule is COC(=O)c1ccccc1-n1c(Cl)nc2ccccc2c1=O. The number of hydrogen-bond donors (Lipinski definition) is 0. The zero-order chi connectivity index (χ0) is 15.7. The molecule has 3 aromatic rings. The predicted molar refractivity (Wildman–Crippen MR) is 83.7 cm³/mol. The van der Waals surface area contributed by atoms with Crippen LogP contribution in [0.25, 0.3) is 16.6 Å². The maximum absolute atomic E-state index is 12.7. The molecule has 0 unspecified atom stereocenters. The van der Waals surface area contributed by atoms with Crippen LogP contribution in [0.15, 0.2) is 53.3 Å². The third-order valence-corrected chi connectivity index (χ3v) is 3.54. The normalized spacial score (nSPS) is 10.6. The molecule has 5 nitrogen and oxygen atoms in total. The molecule has 2 aromatic carbocycles. The lowest BCUT2D eigenvalue weighted by Crippen LogP contribution is -2.22. The van der Waals surface area contributed by atoms with E-state index in [-0.39, 0.29) is 16.4 Å². The summed E-state index contributed by atoms with van der Waals surface area (Å²) in [5, 5.41) is 0.409. The molecule has 3 rings (SSSR count). The minimum absolute atomic E-state index is 0.0138. The Bertz CT molecular complexity index is 934. The van der Waals surface area contributed by atoms with Crippen LogP contribution in [0.1, 0.15) is 10.4 Å². The van der Waals surface area contributed by atoms with Gasteiger partial charge in [0, 0.05) is 0 Å². The van der Waals surface area contributed by atoms with Crippen LogP contribution >= 0.6 is 11.6 Å². The average molecular weight is 315 g/mol. The monoisotopic (exact) mass is 314 g/mol. The van der Waals surface area contributed by atoms with Crippen LogP contribution in [0.3, 0.4) is 0 Å². The van der Waals surface area contributed by atoms with E-state index in [2.05, 4.69) is 4.98 Å². The van der Waals surface area contributed by atoms with Gasteiger partial charge in [-0.25, -0.2) is 14.3 Å². The molecular formula is C16H11ClN2O3. The molecule has 110 valence electrons. The van der Waals surface area contributed by atoms with E-state index in [1.165, 1.54) is 11.7 Å². The molecule has 0 saturated heterocycles. The predicted octanol–water partition coefficient (Wildman–Crippen LogP) is 2.83. The van der Waals surface area contributed by atoms with Crippen molar-refractivity contribution in [1.29, 1.82) is 0 Å². The highest BCUT2D eigenvalue weighted by atomic mass is 35.5. The molecule has 0 radical (unpaired) electrons. The maximum Gasteiger partial charge on any atom is 0.339 e. The highest BCUT2D eigenvalue weighted by Crippen LogP contribution is 2.20. The fourth-order valence-corrected chi connectivity index (χ4v) is 2.52. The number of carbonyl (C=O) groups is 1. The van der Waals surface area contributed by atoms with E-state index in [1.54, 1.807) is 48.5 Å². The van der Waals surface area contributed by atoms with Crippen LogP contribution in [-0.4, -0.2) is 22.6 Å². The van der Waals surface area contributed by atoms with Gasteiger partial charge in [0.15, 0.2) is 0 Å². The van der Waals surface area contributed by atoms with Gasteiger partial charge in [0.25, 0.3) is 5.56 Å². The largest absolute Gasteiger partial charge is 0.465 e. The highest BCUT2D eigenvalue weighted by molar-refractivity contribution is 6.29. The molecule has 0 amide bonds. The van der Waals surface area contributed by atoms with Gasteiger partial charge in [-0.3, -0.25) is 4.79 Å². The van der Waals surface area contributed by atoms with E-state index in [0.717, 1.165) is 0 Å². The van der Waals surface area contributed by atoms with Gasteiger partial charge in [-0.15, -0.1) is 0 Å². The Balaban J connectivity index is 2.37. The molecule has 0 aliphatic heterocycles. The van der Waals surface area contributed by atoms with E-state index >= 15 is 0 Å². The second kappa shape index (κ2) is 5.61. The Hall–Kier alpha value is -2.66. The van der Waals surface area contributed by atoms with Crippen molar-refractivity contribution in [3.63, 3.8) is 0 Å². The standard InChI is InChI=1S/C16H11ClN2O3/c1-22-15(21)11-7-3-5-9-13(11)19-14(20)10-6-2-4-8-12(10)18-16(19)17/h2-9H,1H3. The number of aromatic nitrogens is 2. The van der Waals surface area contributed by atoms with E-state index in [0.29, 0.717) is 16.6 Å². The van der Waals surface area contributed by atoms with Crippen LogP contribution in [-0.2, 0) is 4.74 Å². The number of esters is 1. The van der Waals surface area contributed by atoms with Gasteiger partial charge in [-0.1, -0.05) is 24.3 Å². The van der Waals surface area contributed by atoms with Gasteiger partial charge in [0.2, 0.25) is 5.28 Å². The average Bonchev–Trinajstić information content (AvgIpc) is 2.54. The number of nitrogens with zero attached hydrogens (tertiary/aromatic N) is 2. The lowest BCUT2D eigenvalue weighted by atomic mass is 10.1. The van der Waals surface area contributed by atoms with Crippen molar-refractivity contribution >= 4 is 28.5 Å². The fraction of sp³-hybridized carbons (Fsp3) is 0.0625. The first-order valence-electron chi connectivity index (χ1n) is 6.48. The Labute approximate surface area is 130 Å². The summed E-state index contributed by atoms with van der Waals surface area (Å²) in [4.78, 5) is 28.8. The molecule has 1 heterocycles. The molecule has 0 spiro atoms. The van der Waals surface area contributed by atoms with Gasteiger partial charge in [0.1, 0.15) is 0 Å². The van der Waals surface area contributed by atoms with Crippen molar-refractivity contribution in [2.45, 2.75) is 0 Å². The number of methoxy groups -OCH3 is 1. The second-order valence-electron chi connectivity index (χ2n) is 4.55. The van der Waals surface area contributed by atoms with E-state index < -0.39 is 5.97 Å². The van der Waals surface area contributed by atoms with Crippen molar-refractivity contribution in [2.75, 3.05) is 7.11 Å². The Morgan fingerprint density at radius 2 is 1.82 bits per heavy atom. The number of halogens is 1. The lowest BCUT2D eigenvalue weighted by molar-refractivity contribution is 0.0600. The first kappa shape index (κ1) is 14.3. The van der Waals surface area contributed by atoms with Crippen molar-refractivity contribution in [1.82, 2.24) is 9.55 Å². The van der Waals surface area contributed by atoms with Crippen LogP contribution in [0.2, 0.25) is 5.28 Å². The molecule has 0 bridgehead atoms. The summed E-state index contributed by atoms with van der Waals surface area (Å²) in [6.07, 6.45) is 0. The lowest BCUT2D eigenvalue weighted by Gasteiger charge is -2.12. The zero-order valence-electron chi connectivity index (χ0n) is 11.6. The third kappa shape index (κ3) is 2.25. The number of carbonyl (C=O) groups excluding carboxylic acids is 1. The number of fused-ring (bicyclic) bond motifs is 1. The smallest absolute Gasteiger partial charge is 0.339 e. The molecule has 0 aliphatic rings. The minimum Gasteiger partial charge on any atom is -0.465 e. The summed E-state index contributed by atoms with van der Waals surface area (Å²) in [6.45, 7) is 0. The first-order valence-corrected chi connectivity index (χ1v) is 6.86. The number of ether oxygens (including phenoxy) is 1. The van der Waals surface area contributed by atoms with E-state index in [1.807, 2.05) is 0 Å². The summed E-state index contributed by atoms with van der Waals surface area (Å²) in [5.74, 6) is -0.549. The summed E-state index contributed by atoms with van der Waals surface area (Å²) in [5.41, 5.74) is 0.741. The van der Waals surface area contributed by atoms with Gasteiger partial charge >= 0.3 is 5.97 Å². The van der Waals surface area contributed by atoms with Crippen LogP contribution < -0.4 is 5.56 Å². The van der Waals surface area contributed by atoms with Crippen LogP contribution in [0.4, 0.5) is 0 Å². The zero-order valence-corrected chi connectivity index (χ0v) is 12.4. The third-order valence-electron chi connectivity index (χ3n) is 3.29. The first-order chi connectivity index (χ1) is 10.6. The van der Waals surface area contributed by atoms with Crippen molar-refractivity contribution in [3.05, 3.63) is 69.7 Å². The number of para-hydroxylation sites is 2. The van der Waals surface area contributed by atoms with Gasteiger partial charge in [-0.05, 0) is 35.9 Å². The van der Waals surface area contributed by atoms with Crippen molar-refractivity contribution < 1.29 is 9.53 Å². The molecular weight excluding hydrogens is 304 g/mol. The van der Waals surface area contributed by atoms with Crippen LogP contribution in [0, 0.1) is 0 Å².